The first-order valence-electron chi connectivity index (χ1n) is 10.1. The van der Waals surface area contributed by atoms with Crippen molar-refractivity contribution >= 4 is 35.2 Å². The average molecular weight is 418 g/mol. The van der Waals surface area contributed by atoms with Gasteiger partial charge in [-0.2, -0.15) is 0 Å². The second kappa shape index (κ2) is 7.56. The molecule has 0 unspecified atom stereocenters. The van der Waals surface area contributed by atoms with Gasteiger partial charge in [0.2, 0.25) is 11.8 Å². The van der Waals surface area contributed by atoms with E-state index >= 15 is 0 Å². The molecular formula is C22H24ClNO5. The van der Waals surface area contributed by atoms with Crippen molar-refractivity contribution in [3.05, 3.63) is 34.9 Å². The third kappa shape index (κ3) is 3.37. The lowest BCUT2D eigenvalue weighted by Gasteiger charge is -2.28. The molecule has 1 aromatic carbocycles. The van der Waals surface area contributed by atoms with Crippen LogP contribution in [0.4, 0.5) is 0 Å². The van der Waals surface area contributed by atoms with Gasteiger partial charge in [-0.1, -0.05) is 25.4 Å². The predicted octanol–water partition coefficient (Wildman–Crippen LogP) is 3.12. The molecule has 3 fully saturated rings. The van der Waals surface area contributed by atoms with Crippen LogP contribution in [-0.4, -0.2) is 41.1 Å². The minimum absolute atomic E-state index is 0.244. The van der Waals surface area contributed by atoms with Gasteiger partial charge in [0.05, 0.1) is 11.8 Å². The molecule has 154 valence electrons. The van der Waals surface area contributed by atoms with Crippen molar-refractivity contribution in [2.24, 2.45) is 29.6 Å². The van der Waals surface area contributed by atoms with Crippen LogP contribution in [0.25, 0.3) is 0 Å². The molecule has 3 aliphatic rings. The van der Waals surface area contributed by atoms with Crippen molar-refractivity contribution in [1.82, 2.24) is 4.90 Å². The van der Waals surface area contributed by atoms with E-state index in [9.17, 15) is 19.2 Å². The zero-order valence-corrected chi connectivity index (χ0v) is 17.2. The molecule has 2 amide bonds. The van der Waals surface area contributed by atoms with E-state index in [2.05, 4.69) is 0 Å². The summed E-state index contributed by atoms with van der Waals surface area (Å²) in [6, 6.07) is 5.29. The molecule has 6 nitrogen and oxygen atoms in total. The lowest BCUT2D eigenvalue weighted by atomic mass is 9.81. The summed E-state index contributed by atoms with van der Waals surface area (Å²) in [5, 5.41) is 0.504. The maximum absolute atomic E-state index is 13.0. The van der Waals surface area contributed by atoms with Gasteiger partial charge < -0.3 is 4.74 Å². The minimum Gasteiger partial charge on any atom is -0.456 e. The summed E-state index contributed by atoms with van der Waals surface area (Å²) in [5.74, 6) is -1.94. The van der Waals surface area contributed by atoms with Gasteiger partial charge >= 0.3 is 5.97 Å². The summed E-state index contributed by atoms with van der Waals surface area (Å²) in [7, 11) is 0. The number of nitrogens with zero attached hydrogens (tertiary/aromatic N) is 1. The number of rotatable bonds is 6. The summed E-state index contributed by atoms with van der Waals surface area (Å²) in [6.07, 6.45) is 2.89. The van der Waals surface area contributed by atoms with Gasteiger partial charge in [0.1, 0.15) is 6.04 Å². The zero-order valence-electron chi connectivity index (χ0n) is 16.5. The smallest absolute Gasteiger partial charge is 0.330 e. The normalized spacial score (nSPS) is 28.8. The number of ether oxygens (including phenoxy) is 1. The van der Waals surface area contributed by atoms with Gasteiger partial charge in [0.25, 0.3) is 0 Å². The molecule has 5 atom stereocenters. The first-order chi connectivity index (χ1) is 13.8. The van der Waals surface area contributed by atoms with Gasteiger partial charge in [-0.05, 0) is 61.3 Å². The molecule has 1 saturated heterocycles. The van der Waals surface area contributed by atoms with Crippen molar-refractivity contribution in [3.63, 3.8) is 0 Å². The zero-order chi connectivity index (χ0) is 20.9. The number of likely N-dealkylation sites (tertiary alicyclic amines) is 1. The summed E-state index contributed by atoms with van der Waals surface area (Å²) < 4.78 is 5.24. The Morgan fingerprint density at radius 3 is 2.14 bits per heavy atom. The van der Waals surface area contributed by atoms with E-state index in [0.29, 0.717) is 10.6 Å². The molecule has 1 aromatic rings. The predicted molar refractivity (Wildman–Crippen MR) is 105 cm³/mol. The molecule has 1 heterocycles. The Hall–Kier alpha value is -2.21. The van der Waals surface area contributed by atoms with Gasteiger partial charge in [-0.25, -0.2) is 4.79 Å². The molecule has 7 heteroatoms. The monoisotopic (exact) mass is 417 g/mol. The van der Waals surface area contributed by atoms with Gasteiger partial charge in [-0.3, -0.25) is 19.3 Å². The molecule has 2 saturated carbocycles. The molecule has 0 aromatic heterocycles. The number of benzene rings is 1. The second-order valence-corrected chi connectivity index (χ2v) is 9.09. The molecule has 0 radical (unpaired) electrons. The number of hydrogen-bond acceptors (Lipinski definition) is 5. The summed E-state index contributed by atoms with van der Waals surface area (Å²) >= 11 is 5.82. The summed E-state index contributed by atoms with van der Waals surface area (Å²) in [6.45, 7) is 3.10. The fourth-order valence-corrected chi connectivity index (χ4v) is 5.45. The van der Waals surface area contributed by atoms with Gasteiger partial charge in [0.15, 0.2) is 12.4 Å². The fraction of sp³-hybridized carbons (Fsp3) is 0.545. The van der Waals surface area contributed by atoms with E-state index in [1.165, 1.54) is 0 Å². The Bertz CT molecular complexity index is 836. The first-order valence-corrected chi connectivity index (χ1v) is 10.5. The quantitative estimate of drug-likeness (QED) is 0.403. The Labute approximate surface area is 174 Å². The summed E-state index contributed by atoms with van der Waals surface area (Å²) in [4.78, 5) is 52.3. The molecule has 0 N–H and O–H groups in total. The van der Waals surface area contributed by atoms with Crippen molar-refractivity contribution in [2.75, 3.05) is 6.61 Å². The molecule has 2 bridgehead atoms. The van der Waals surface area contributed by atoms with Crippen LogP contribution in [0.5, 0.6) is 0 Å². The fourth-order valence-electron chi connectivity index (χ4n) is 5.32. The van der Waals surface area contributed by atoms with Crippen LogP contribution in [0.3, 0.4) is 0 Å². The van der Waals surface area contributed by atoms with E-state index in [0.717, 1.165) is 24.2 Å². The highest BCUT2D eigenvalue weighted by Crippen LogP contribution is 2.56. The minimum atomic E-state index is -1.00. The molecule has 2 aliphatic carbocycles. The van der Waals surface area contributed by atoms with E-state index in [-0.39, 0.29) is 47.2 Å². The Morgan fingerprint density at radius 2 is 1.62 bits per heavy atom. The molecular weight excluding hydrogens is 394 g/mol. The SMILES string of the molecule is CC(C)[C@H](C(=O)OCC(=O)c1ccc(Cl)cc1)N1C(=O)[C@H]2[C@H]3CC[C@@H](C3)[C@@H]2C1=O. The molecule has 0 spiro atoms. The van der Waals surface area contributed by atoms with Crippen LogP contribution in [0.2, 0.25) is 5.02 Å². The number of carbonyl (C=O) groups is 4. The Kier molecular flexibility index (Phi) is 5.23. The topological polar surface area (TPSA) is 80.8 Å². The average Bonchev–Trinajstić information content (AvgIpc) is 3.36. The number of fused-ring (bicyclic) bond motifs is 5. The summed E-state index contributed by atoms with van der Waals surface area (Å²) in [5.41, 5.74) is 0.378. The van der Waals surface area contributed by atoms with Crippen LogP contribution in [0.1, 0.15) is 43.5 Å². The number of ketones is 1. The molecule has 1 aliphatic heterocycles. The van der Waals surface area contributed by atoms with Crippen molar-refractivity contribution in [3.8, 4) is 0 Å². The molecule has 29 heavy (non-hydrogen) atoms. The van der Waals surface area contributed by atoms with Crippen LogP contribution >= 0.6 is 11.6 Å². The lowest BCUT2D eigenvalue weighted by molar-refractivity contribution is -0.160. The lowest BCUT2D eigenvalue weighted by Crippen LogP contribution is -2.50. The Balaban J connectivity index is 1.47. The third-order valence-corrected chi connectivity index (χ3v) is 6.88. The highest BCUT2D eigenvalue weighted by Gasteiger charge is 2.62. The van der Waals surface area contributed by atoms with Gasteiger partial charge in [0, 0.05) is 10.6 Å². The molecule has 4 rings (SSSR count). The number of amides is 2. The number of hydrogen-bond donors (Lipinski definition) is 0. The van der Waals surface area contributed by atoms with E-state index in [1.54, 1.807) is 38.1 Å². The van der Waals surface area contributed by atoms with Crippen LogP contribution in [0.15, 0.2) is 24.3 Å². The largest absolute Gasteiger partial charge is 0.456 e. The first kappa shape index (κ1) is 20.1. The number of imide groups is 1. The van der Waals surface area contributed by atoms with E-state index < -0.39 is 18.6 Å². The van der Waals surface area contributed by atoms with Gasteiger partial charge in [-0.15, -0.1) is 0 Å². The maximum Gasteiger partial charge on any atom is 0.330 e. The van der Waals surface area contributed by atoms with Crippen molar-refractivity contribution in [2.45, 2.75) is 39.2 Å². The van der Waals surface area contributed by atoms with Crippen LogP contribution in [-0.2, 0) is 19.1 Å². The van der Waals surface area contributed by atoms with Crippen molar-refractivity contribution in [1.29, 1.82) is 0 Å². The van der Waals surface area contributed by atoms with E-state index in [1.807, 2.05) is 0 Å². The number of halogens is 1. The number of esters is 1. The number of carbonyl (C=O) groups excluding carboxylic acids is 4. The highest BCUT2D eigenvalue weighted by atomic mass is 35.5. The second-order valence-electron chi connectivity index (χ2n) is 8.66. The van der Waals surface area contributed by atoms with Crippen LogP contribution < -0.4 is 0 Å². The number of Topliss-reactive ketones (excluding diaryl/α,β-unsaturated/α-hetero) is 1. The van der Waals surface area contributed by atoms with Crippen LogP contribution in [0, 0.1) is 29.6 Å². The standard InChI is InChI=1S/C22H24ClNO5/c1-11(2)19(22(28)29-10-16(25)12-5-7-15(23)8-6-12)24-20(26)17-13-3-4-14(9-13)18(17)21(24)27/h5-8,11,13-14,17-19H,3-4,9-10H2,1-2H3/t13-,14-,17-,18-,19+/m0/s1. The van der Waals surface area contributed by atoms with E-state index in [4.69, 9.17) is 16.3 Å². The highest BCUT2D eigenvalue weighted by molar-refractivity contribution is 6.30. The van der Waals surface area contributed by atoms with Crippen molar-refractivity contribution < 1.29 is 23.9 Å². The third-order valence-electron chi connectivity index (χ3n) is 6.62. The maximum atomic E-state index is 13.0. The Morgan fingerprint density at radius 1 is 1.07 bits per heavy atom.